The van der Waals surface area contributed by atoms with Gasteiger partial charge in [-0.1, -0.05) is 0 Å². The third-order valence-corrected chi connectivity index (χ3v) is 4.07. The van der Waals surface area contributed by atoms with Crippen LogP contribution in [0.25, 0.3) is 0 Å². The summed E-state index contributed by atoms with van der Waals surface area (Å²) >= 11 is 0. The quantitative estimate of drug-likeness (QED) is 0.868. The molecule has 1 amide bonds. The molecule has 0 saturated carbocycles. The van der Waals surface area contributed by atoms with Crippen LogP contribution in [0.15, 0.2) is 28.9 Å². The number of likely N-dealkylation sites (tertiary alicyclic amines) is 1. The van der Waals surface area contributed by atoms with Gasteiger partial charge in [0.1, 0.15) is 5.76 Å². The molecule has 5 nitrogen and oxygen atoms in total. The van der Waals surface area contributed by atoms with Gasteiger partial charge in [-0.15, -0.1) is 0 Å². The fraction of sp³-hybridized carbons (Fsp3) is 0.500. The lowest BCUT2D eigenvalue weighted by molar-refractivity contribution is -0.130. The number of furan rings is 1. The van der Waals surface area contributed by atoms with Gasteiger partial charge >= 0.3 is 0 Å². The highest BCUT2D eigenvalue weighted by Crippen LogP contribution is 2.23. The molecule has 1 fully saturated rings. The summed E-state index contributed by atoms with van der Waals surface area (Å²) in [6.45, 7) is 5.66. The van der Waals surface area contributed by atoms with Crippen molar-refractivity contribution < 1.29 is 9.21 Å². The second-order valence-electron chi connectivity index (χ2n) is 5.73. The number of hydrogen-bond acceptors (Lipinski definition) is 3. The van der Waals surface area contributed by atoms with Gasteiger partial charge in [-0.3, -0.25) is 9.48 Å². The normalized spacial score (nSPS) is 18.4. The van der Waals surface area contributed by atoms with Gasteiger partial charge in [-0.2, -0.15) is 5.10 Å². The van der Waals surface area contributed by atoms with Gasteiger partial charge in [0.2, 0.25) is 5.91 Å². The Morgan fingerprint density at radius 1 is 1.48 bits per heavy atom. The number of hydrogen-bond donors (Lipinski definition) is 0. The molecule has 0 aliphatic carbocycles. The van der Waals surface area contributed by atoms with Crippen LogP contribution in [-0.2, 0) is 11.2 Å². The summed E-state index contributed by atoms with van der Waals surface area (Å²) in [5.74, 6) is 1.08. The molecule has 112 valence electrons. The minimum absolute atomic E-state index is 0.204. The molecule has 1 aliphatic rings. The van der Waals surface area contributed by atoms with E-state index in [1.807, 2.05) is 24.0 Å². The Balaban J connectivity index is 1.56. The summed E-state index contributed by atoms with van der Waals surface area (Å²) in [4.78, 5) is 14.2. The molecule has 3 rings (SSSR count). The van der Waals surface area contributed by atoms with Crippen LogP contribution in [-0.4, -0.2) is 33.7 Å². The van der Waals surface area contributed by atoms with E-state index in [1.165, 1.54) is 5.69 Å². The van der Waals surface area contributed by atoms with Crippen molar-refractivity contribution in [2.75, 3.05) is 13.1 Å². The predicted molar refractivity (Wildman–Crippen MR) is 79.0 cm³/mol. The predicted octanol–water partition coefficient (Wildman–Crippen LogP) is 2.50. The van der Waals surface area contributed by atoms with E-state index in [0.717, 1.165) is 31.0 Å². The van der Waals surface area contributed by atoms with Crippen LogP contribution in [0.1, 0.15) is 36.0 Å². The minimum Gasteiger partial charge on any atom is -0.469 e. The molecule has 0 radical (unpaired) electrons. The maximum atomic E-state index is 12.3. The number of amides is 1. The number of nitrogens with zero attached hydrogens (tertiary/aromatic N) is 3. The Hall–Kier alpha value is -2.04. The zero-order chi connectivity index (χ0) is 14.8. The summed E-state index contributed by atoms with van der Waals surface area (Å²) < 4.78 is 7.34. The number of aryl methyl sites for hydroxylation is 3. The third-order valence-electron chi connectivity index (χ3n) is 4.07. The highest BCUT2D eigenvalue weighted by Gasteiger charge is 2.28. The highest BCUT2D eigenvalue weighted by molar-refractivity contribution is 5.76. The molecule has 1 atom stereocenters. The lowest BCUT2D eigenvalue weighted by atomic mass is 10.2. The van der Waals surface area contributed by atoms with Gasteiger partial charge in [0.15, 0.2) is 0 Å². The SMILES string of the molecule is Cc1cc(C)n(C2CCN(C(=O)CCc3ccco3)C2)n1. The summed E-state index contributed by atoms with van der Waals surface area (Å²) in [6, 6.07) is 6.16. The zero-order valence-electron chi connectivity index (χ0n) is 12.6. The van der Waals surface area contributed by atoms with Crippen LogP contribution in [0, 0.1) is 13.8 Å². The van der Waals surface area contributed by atoms with Gasteiger partial charge in [0, 0.05) is 31.6 Å². The molecule has 0 spiro atoms. The lowest BCUT2D eigenvalue weighted by Crippen LogP contribution is -2.29. The van der Waals surface area contributed by atoms with Gasteiger partial charge in [0.25, 0.3) is 0 Å². The largest absolute Gasteiger partial charge is 0.469 e. The summed E-state index contributed by atoms with van der Waals surface area (Å²) in [5, 5.41) is 4.54. The van der Waals surface area contributed by atoms with Crippen LogP contribution in [0.4, 0.5) is 0 Å². The molecule has 5 heteroatoms. The first-order valence-electron chi connectivity index (χ1n) is 7.46. The van der Waals surface area contributed by atoms with Crippen LogP contribution in [0.3, 0.4) is 0 Å². The standard InChI is InChI=1S/C16H21N3O2/c1-12-10-13(2)19(17-12)14-7-8-18(11-14)16(20)6-5-15-4-3-9-21-15/h3-4,9-10,14H,5-8,11H2,1-2H3. The number of carbonyl (C=O) groups is 1. The Bertz CT molecular complexity index is 616. The number of carbonyl (C=O) groups excluding carboxylic acids is 1. The molecule has 21 heavy (non-hydrogen) atoms. The maximum absolute atomic E-state index is 12.3. The third kappa shape index (κ3) is 3.01. The summed E-state index contributed by atoms with van der Waals surface area (Å²) in [6.07, 6.45) is 3.81. The molecule has 0 bridgehead atoms. The fourth-order valence-corrected chi connectivity index (χ4v) is 3.03. The molecule has 1 aliphatic heterocycles. The minimum atomic E-state index is 0.204. The lowest BCUT2D eigenvalue weighted by Gasteiger charge is -2.17. The second kappa shape index (κ2) is 5.76. The average Bonchev–Trinajstić information content (AvgIpc) is 3.16. The first-order chi connectivity index (χ1) is 10.1. The van der Waals surface area contributed by atoms with E-state index < -0.39 is 0 Å². The summed E-state index contributed by atoms with van der Waals surface area (Å²) in [5.41, 5.74) is 2.21. The van der Waals surface area contributed by atoms with E-state index in [9.17, 15) is 4.79 Å². The second-order valence-corrected chi connectivity index (χ2v) is 5.73. The van der Waals surface area contributed by atoms with Crippen LogP contribution < -0.4 is 0 Å². The van der Waals surface area contributed by atoms with Crippen molar-refractivity contribution in [3.8, 4) is 0 Å². The Labute approximate surface area is 124 Å². The van der Waals surface area contributed by atoms with Gasteiger partial charge in [0.05, 0.1) is 18.0 Å². The monoisotopic (exact) mass is 287 g/mol. The van der Waals surface area contributed by atoms with Crippen LogP contribution >= 0.6 is 0 Å². The fourth-order valence-electron chi connectivity index (χ4n) is 3.03. The van der Waals surface area contributed by atoms with Crippen molar-refractivity contribution in [2.45, 2.75) is 39.2 Å². The molecule has 0 aromatic carbocycles. The van der Waals surface area contributed by atoms with E-state index >= 15 is 0 Å². The molecule has 1 unspecified atom stereocenters. The topological polar surface area (TPSA) is 51.3 Å². The zero-order valence-corrected chi connectivity index (χ0v) is 12.6. The Morgan fingerprint density at radius 3 is 3.00 bits per heavy atom. The van der Waals surface area contributed by atoms with Crippen molar-refractivity contribution in [1.82, 2.24) is 14.7 Å². The van der Waals surface area contributed by atoms with Crippen molar-refractivity contribution in [3.05, 3.63) is 41.6 Å². The van der Waals surface area contributed by atoms with E-state index in [-0.39, 0.29) is 5.91 Å². The number of aromatic nitrogens is 2. The van der Waals surface area contributed by atoms with E-state index in [1.54, 1.807) is 6.26 Å². The van der Waals surface area contributed by atoms with E-state index in [0.29, 0.717) is 18.9 Å². The van der Waals surface area contributed by atoms with Crippen molar-refractivity contribution in [3.63, 3.8) is 0 Å². The van der Waals surface area contributed by atoms with Gasteiger partial charge in [-0.05, 0) is 38.5 Å². The van der Waals surface area contributed by atoms with Crippen LogP contribution in [0.2, 0.25) is 0 Å². The highest BCUT2D eigenvalue weighted by atomic mass is 16.3. The maximum Gasteiger partial charge on any atom is 0.223 e. The Kier molecular flexibility index (Phi) is 3.82. The average molecular weight is 287 g/mol. The first kappa shape index (κ1) is 13.9. The van der Waals surface area contributed by atoms with E-state index in [4.69, 9.17) is 4.42 Å². The Morgan fingerprint density at radius 2 is 2.33 bits per heavy atom. The van der Waals surface area contributed by atoms with Gasteiger partial charge < -0.3 is 9.32 Å². The van der Waals surface area contributed by atoms with Crippen LogP contribution in [0.5, 0.6) is 0 Å². The first-order valence-corrected chi connectivity index (χ1v) is 7.46. The molecule has 2 aromatic heterocycles. The van der Waals surface area contributed by atoms with Crippen molar-refractivity contribution >= 4 is 5.91 Å². The summed E-state index contributed by atoms with van der Waals surface area (Å²) in [7, 11) is 0. The smallest absolute Gasteiger partial charge is 0.223 e. The molecule has 0 N–H and O–H groups in total. The van der Waals surface area contributed by atoms with Gasteiger partial charge in [-0.25, -0.2) is 0 Å². The molecule has 1 saturated heterocycles. The van der Waals surface area contributed by atoms with Crippen molar-refractivity contribution in [2.24, 2.45) is 0 Å². The molecule has 2 aromatic rings. The number of rotatable bonds is 4. The molecule has 3 heterocycles. The van der Waals surface area contributed by atoms with Crippen molar-refractivity contribution in [1.29, 1.82) is 0 Å². The molecular formula is C16H21N3O2. The molecular weight excluding hydrogens is 266 g/mol. The van der Waals surface area contributed by atoms with E-state index in [2.05, 4.69) is 22.8 Å².